The van der Waals surface area contributed by atoms with Crippen molar-refractivity contribution in [3.63, 3.8) is 0 Å². The summed E-state index contributed by atoms with van der Waals surface area (Å²) in [6, 6.07) is 0.289. The van der Waals surface area contributed by atoms with Gasteiger partial charge in [0.2, 0.25) is 0 Å². The van der Waals surface area contributed by atoms with Gasteiger partial charge in [0.25, 0.3) is 0 Å². The minimum absolute atomic E-state index is 0.0424. The summed E-state index contributed by atoms with van der Waals surface area (Å²) in [5.41, 5.74) is 5.45. The number of aliphatic hydroxyl groups excluding tert-OH is 1. The molecule has 0 aliphatic heterocycles. The first-order valence-electron chi connectivity index (χ1n) is 4.60. The molecule has 1 fully saturated rings. The number of rotatable bonds is 3. The summed E-state index contributed by atoms with van der Waals surface area (Å²) in [5, 5.41) is 8.66. The number of nitrogens with two attached hydrogens (primary N) is 1. The van der Waals surface area contributed by atoms with Crippen LogP contribution >= 0.6 is 0 Å². The number of guanidine groups is 1. The number of alkyl halides is 3. The van der Waals surface area contributed by atoms with Crippen molar-refractivity contribution in [2.75, 3.05) is 13.6 Å². The highest BCUT2D eigenvalue weighted by molar-refractivity contribution is 5.78. The molecule has 0 bridgehead atoms. The third-order valence-electron chi connectivity index (χ3n) is 2.26. The lowest BCUT2D eigenvalue weighted by Gasteiger charge is -2.18. The molecule has 88 valence electrons. The van der Waals surface area contributed by atoms with E-state index in [1.165, 1.54) is 0 Å². The molecule has 1 aliphatic carbocycles. The third-order valence-corrected chi connectivity index (χ3v) is 2.26. The van der Waals surface area contributed by atoms with E-state index in [2.05, 4.69) is 4.99 Å². The van der Waals surface area contributed by atoms with Crippen LogP contribution in [-0.4, -0.2) is 47.9 Å². The zero-order chi connectivity index (χ0) is 11.6. The van der Waals surface area contributed by atoms with E-state index in [1.807, 2.05) is 0 Å². The molecule has 7 heteroatoms. The molecule has 1 atom stereocenters. The van der Waals surface area contributed by atoms with E-state index in [9.17, 15) is 13.2 Å². The third kappa shape index (κ3) is 3.58. The number of hydrogen-bond donors (Lipinski definition) is 2. The van der Waals surface area contributed by atoms with Gasteiger partial charge in [-0.15, -0.1) is 0 Å². The van der Waals surface area contributed by atoms with Gasteiger partial charge in [0, 0.05) is 13.1 Å². The van der Waals surface area contributed by atoms with Gasteiger partial charge in [-0.2, -0.15) is 13.2 Å². The Kier molecular flexibility index (Phi) is 3.43. The summed E-state index contributed by atoms with van der Waals surface area (Å²) in [5.74, 6) is 0.0424. The van der Waals surface area contributed by atoms with Crippen LogP contribution < -0.4 is 5.73 Å². The Balaban J connectivity index is 2.42. The first kappa shape index (κ1) is 12.1. The monoisotopic (exact) mass is 225 g/mol. The largest absolute Gasteiger partial charge is 0.416 e. The van der Waals surface area contributed by atoms with Crippen molar-refractivity contribution in [2.24, 2.45) is 10.7 Å². The van der Waals surface area contributed by atoms with Crippen LogP contribution in [0.4, 0.5) is 13.2 Å². The van der Waals surface area contributed by atoms with Crippen LogP contribution in [0.5, 0.6) is 0 Å². The summed E-state index contributed by atoms with van der Waals surface area (Å²) in [7, 11) is 1.68. The van der Waals surface area contributed by atoms with Gasteiger partial charge in [0.1, 0.15) is 0 Å². The number of aliphatic hydroxyl groups is 1. The molecule has 1 unspecified atom stereocenters. The second kappa shape index (κ2) is 4.26. The first-order valence-corrected chi connectivity index (χ1v) is 4.60. The van der Waals surface area contributed by atoms with Crippen molar-refractivity contribution in [3.8, 4) is 0 Å². The van der Waals surface area contributed by atoms with Crippen molar-refractivity contribution in [1.29, 1.82) is 0 Å². The maximum atomic E-state index is 11.9. The number of aliphatic imine (C=N–C) groups is 1. The first-order chi connectivity index (χ1) is 6.82. The second-order valence-corrected chi connectivity index (χ2v) is 3.60. The average Bonchev–Trinajstić information content (AvgIpc) is 2.93. The smallest absolute Gasteiger partial charge is 0.382 e. The van der Waals surface area contributed by atoms with Crippen LogP contribution in [0.3, 0.4) is 0 Å². The van der Waals surface area contributed by atoms with E-state index in [0.29, 0.717) is 0 Å². The molecular formula is C8H14F3N3O. The van der Waals surface area contributed by atoms with Gasteiger partial charge < -0.3 is 15.7 Å². The summed E-state index contributed by atoms with van der Waals surface area (Å²) in [6.45, 7) is -0.744. The van der Waals surface area contributed by atoms with Gasteiger partial charge in [0.05, 0.1) is 6.54 Å². The fourth-order valence-electron chi connectivity index (χ4n) is 1.04. The zero-order valence-electron chi connectivity index (χ0n) is 8.33. The van der Waals surface area contributed by atoms with Crippen molar-refractivity contribution >= 4 is 5.96 Å². The molecule has 0 aromatic heterocycles. The lowest BCUT2D eigenvalue weighted by atomic mass is 10.3. The number of nitrogens with zero attached hydrogens (tertiary/aromatic N) is 2. The molecule has 1 rings (SSSR count). The highest BCUT2D eigenvalue weighted by atomic mass is 19.4. The Morgan fingerprint density at radius 2 is 2.13 bits per heavy atom. The molecule has 1 aliphatic rings. The highest BCUT2D eigenvalue weighted by Gasteiger charge is 2.38. The van der Waals surface area contributed by atoms with E-state index in [4.69, 9.17) is 10.8 Å². The molecule has 0 radical (unpaired) electrons. The minimum atomic E-state index is -4.64. The lowest BCUT2D eigenvalue weighted by Crippen LogP contribution is -2.38. The van der Waals surface area contributed by atoms with Gasteiger partial charge in [-0.3, -0.25) is 4.99 Å². The quantitative estimate of drug-likeness (QED) is 0.537. The molecular weight excluding hydrogens is 211 g/mol. The fourth-order valence-corrected chi connectivity index (χ4v) is 1.04. The van der Waals surface area contributed by atoms with Crippen LogP contribution in [0.1, 0.15) is 12.8 Å². The highest BCUT2D eigenvalue weighted by Crippen LogP contribution is 2.25. The van der Waals surface area contributed by atoms with Crippen LogP contribution in [-0.2, 0) is 0 Å². The molecule has 0 aromatic carbocycles. The van der Waals surface area contributed by atoms with E-state index in [-0.39, 0.29) is 12.0 Å². The molecule has 4 nitrogen and oxygen atoms in total. The van der Waals surface area contributed by atoms with Crippen LogP contribution in [0.15, 0.2) is 4.99 Å². The molecule has 0 spiro atoms. The predicted molar refractivity (Wildman–Crippen MR) is 49.3 cm³/mol. The van der Waals surface area contributed by atoms with Crippen LogP contribution in [0, 0.1) is 0 Å². The van der Waals surface area contributed by atoms with Gasteiger partial charge in [-0.1, -0.05) is 0 Å². The molecule has 0 heterocycles. The summed E-state index contributed by atoms with van der Waals surface area (Å²) in [4.78, 5) is 5.13. The lowest BCUT2D eigenvalue weighted by molar-refractivity contribution is -0.199. The Bertz CT molecular complexity index is 250. The Labute approximate surface area is 85.6 Å². The summed E-state index contributed by atoms with van der Waals surface area (Å²) in [6.07, 6.45) is -5.12. The second-order valence-electron chi connectivity index (χ2n) is 3.60. The molecule has 0 saturated heterocycles. The zero-order valence-corrected chi connectivity index (χ0v) is 8.33. The Hall–Kier alpha value is -0.980. The molecule has 0 aromatic rings. The van der Waals surface area contributed by atoms with E-state index < -0.39 is 18.8 Å². The number of hydrogen-bond acceptors (Lipinski definition) is 2. The van der Waals surface area contributed by atoms with E-state index in [0.717, 1.165) is 12.8 Å². The molecule has 1 saturated carbocycles. The average molecular weight is 225 g/mol. The molecule has 3 N–H and O–H groups in total. The summed E-state index contributed by atoms with van der Waals surface area (Å²) >= 11 is 0. The van der Waals surface area contributed by atoms with Gasteiger partial charge in [-0.25, -0.2) is 0 Å². The van der Waals surface area contributed by atoms with Gasteiger partial charge in [-0.05, 0) is 12.8 Å². The standard InChI is InChI=1S/C8H14F3N3O/c1-14(5-2-3-5)7(12)13-4-6(15)8(9,10)11/h5-6,15H,2-4H2,1H3,(H2,12,13). The maximum absolute atomic E-state index is 11.9. The van der Waals surface area contributed by atoms with Gasteiger partial charge in [0.15, 0.2) is 12.1 Å². The Morgan fingerprint density at radius 3 is 2.53 bits per heavy atom. The van der Waals surface area contributed by atoms with Crippen molar-refractivity contribution < 1.29 is 18.3 Å². The SMILES string of the molecule is CN(C(N)=NCC(O)C(F)(F)F)C1CC1. The van der Waals surface area contributed by atoms with Crippen molar-refractivity contribution in [3.05, 3.63) is 0 Å². The summed E-state index contributed by atoms with van der Waals surface area (Å²) < 4.78 is 35.7. The van der Waals surface area contributed by atoms with Crippen LogP contribution in [0.2, 0.25) is 0 Å². The molecule has 0 amide bonds. The number of halogens is 3. The van der Waals surface area contributed by atoms with Crippen molar-refractivity contribution in [1.82, 2.24) is 4.90 Å². The van der Waals surface area contributed by atoms with E-state index in [1.54, 1.807) is 11.9 Å². The predicted octanol–water partition coefficient (Wildman–Crippen LogP) is 0.319. The van der Waals surface area contributed by atoms with Crippen LogP contribution in [0.25, 0.3) is 0 Å². The normalized spacial score (nSPS) is 20.2. The maximum Gasteiger partial charge on any atom is 0.416 e. The topological polar surface area (TPSA) is 61.8 Å². The van der Waals surface area contributed by atoms with Crippen molar-refractivity contribution in [2.45, 2.75) is 31.2 Å². The molecule has 15 heavy (non-hydrogen) atoms. The fraction of sp³-hybridized carbons (Fsp3) is 0.875. The van der Waals surface area contributed by atoms with E-state index >= 15 is 0 Å². The minimum Gasteiger partial charge on any atom is -0.382 e. The Morgan fingerprint density at radius 1 is 1.60 bits per heavy atom. The van der Waals surface area contributed by atoms with Gasteiger partial charge >= 0.3 is 6.18 Å².